The maximum absolute atomic E-state index is 13.3. The molecule has 5 nitrogen and oxygen atoms in total. The maximum Gasteiger partial charge on any atom is 0.328 e. The van der Waals surface area contributed by atoms with Crippen LogP contribution in [0.15, 0.2) is 24.3 Å². The highest BCUT2D eigenvalue weighted by atomic mass is 19.1. The van der Waals surface area contributed by atoms with E-state index < -0.39 is 17.8 Å². The summed E-state index contributed by atoms with van der Waals surface area (Å²) in [6, 6.07) is 5.26. The number of nitrogens with one attached hydrogen (secondary N) is 1. The lowest BCUT2D eigenvalue weighted by Crippen LogP contribution is -2.45. The number of methoxy groups -OCH3 is 1. The Morgan fingerprint density at radius 2 is 1.95 bits per heavy atom. The van der Waals surface area contributed by atoms with Gasteiger partial charge in [-0.2, -0.15) is 0 Å². The molecule has 116 valence electrons. The molecule has 0 spiro atoms. The van der Waals surface area contributed by atoms with Gasteiger partial charge < -0.3 is 14.8 Å². The van der Waals surface area contributed by atoms with Crippen LogP contribution >= 0.6 is 0 Å². The van der Waals surface area contributed by atoms with Crippen molar-refractivity contribution in [2.75, 3.05) is 13.7 Å². The zero-order valence-corrected chi connectivity index (χ0v) is 12.4. The Balaban J connectivity index is 2.43. The zero-order valence-electron chi connectivity index (χ0n) is 12.4. The van der Waals surface area contributed by atoms with Gasteiger partial charge in [0.05, 0.1) is 20.1 Å². The van der Waals surface area contributed by atoms with Crippen molar-refractivity contribution in [2.45, 2.75) is 26.3 Å². The summed E-state index contributed by atoms with van der Waals surface area (Å²) in [5.41, 5.74) is 0. The van der Waals surface area contributed by atoms with Gasteiger partial charge in [0.2, 0.25) is 5.91 Å². The molecular formula is C15H20FNO4. The molecule has 0 fully saturated rings. The third-order valence-corrected chi connectivity index (χ3v) is 2.86. The lowest BCUT2D eigenvalue weighted by molar-refractivity contribution is -0.146. The van der Waals surface area contributed by atoms with Crippen molar-refractivity contribution in [3.05, 3.63) is 30.1 Å². The molecule has 1 amide bonds. The van der Waals surface area contributed by atoms with Crippen molar-refractivity contribution in [3.63, 3.8) is 0 Å². The molecule has 1 aromatic rings. The predicted octanol–water partition coefficient (Wildman–Crippen LogP) is 1.91. The largest absolute Gasteiger partial charge is 0.490 e. The molecule has 0 bridgehead atoms. The average molecular weight is 297 g/mol. The third kappa shape index (κ3) is 5.41. The van der Waals surface area contributed by atoms with Gasteiger partial charge in [-0.1, -0.05) is 26.0 Å². The molecule has 0 heterocycles. The molecule has 0 saturated carbocycles. The number of carbonyl (C=O) groups excluding carboxylic acids is 2. The molecule has 0 aliphatic rings. The van der Waals surface area contributed by atoms with Crippen LogP contribution in [0.4, 0.5) is 4.39 Å². The Morgan fingerprint density at radius 3 is 2.52 bits per heavy atom. The monoisotopic (exact) mass is 297 g/mol. The van der Waals surface area contributed by atoms with E-state index in [1.807, 2.05) is 0 Å². The van der Waals surface area contributed by atoms with Crippen molar-refractivity contribution < 1.29 is 23.5 Å². The van der Waals surface area contributed by atoms with E-state index in [1.54, 1.807) is 26.0 Å². The highest BCUT2D eigenvalue weighted by Gasteiger charge is 2.24. The summed E-state index contributed by atoms with van der Waals surface area (Å²) in [6.07, 6.45) is 0.0224. The van der Waals surface area contributed by atoms with Crippen LogP contribution in [-0.2, 0) is 14.3 Å². The Hall–Kier alpha value is -2.11. The number of rotatable bonds is 7. The molecule has 6 heteroatoms. The highest BCUT2D eigenvalue weighted by Crippen LogP contribution is 2.15. The first-order valence-corrected chi connectivity index (χ1v) is 6.70. The summed E-state index contributed by atoms with van der Waals surface area (Å²) in [6.45, 7) is 3.63. The summed E-state index contributed by atoms with van der Waals surface area (Å²) in [5.74, 6) is -1.32. The van der Waals surface area contributed by atoms with E-state index in [9.17, 15) is 14.0 Å². The average Bonchev–Trinajstić information content (AvgIpc) is 2.45. The number of hydrogen-bond acceptors (Lipinski definition) is 4. The van der Waals surface area contributed by atoms with Gasteiger partial charge in [-0.15, -0.1) is 0 Å². The standard InChI is InChI=1S/C15H20FNO4/c1-10(2)14(15(19)20-3)17-13(18)8-9-21-12-7-5-4-6-11(12)16/h4-7,10,14H,8-9H2,1-3H3,(H,17,18). The van der Waals surface area contributed by atoms with E-state index in [-0.39, 0.29) is 30.6 Å². The quantitative estimate of drug-likeness (QED) is 0.781. The number of para-hydroxylation sites is 1. The number of amides is 1. The molecule has 21 heavy (non-hydrogen) atoms. The minimum absolute atomic E-state index is 0.0224. The van der Waals surface area contributed by atoms with E-state index in [2.05, 4.69) is 10.1 Å². The van der Waals surface area contributed by atoms with Gasteiger partial charge >= 0.3 is 5.97 Å². The van der Waals surface area contributed by atoms with Crippen molar-refractivity contribution in [1.29, 1.82) is 0 Å². The van der Waals surface area contributed by atoms with Crippen molar-refractivity contribution in [3.8, 4) is 5.75 Å². The second-order valence-electron chi connectivity index (χ2n) is 4.84. The van der Waals surface area contributed by atoms with Crippen LogP contribution in [0.3, 0.4) is 0 Å². The summed E-state index contributed by atoms with van der Waals surface area (Å²) in [5, 5.41) is 2.58. The zero-order chi connectivity index (χ0) is 15.8. The van der Waals surface area contributed by atoms with Crippen molar-refractivity contribution in [1.82, 2.24) is 5.32 Å². The Bertz CT molecular complexity index is 490. The van der Waals surface area contributed by atoms with Gasteiger partial charge in [0.25, 0.3) is 0 Å². The maximum atomic E-state index is 13.3. The molecule has 1 atom stereocenters. The minimum atomic E-state index is -0.698. The SMILES string of the molecule is COC(=O)C(NC(=O)CCOc1ccccc1F)C(C)C. The first kappa shape index (κ1) is 16.9. The lowest BCUT2D eigenvalue weighted by atomic mass is 10.0. The first-order valence-electron chi connectivity index (χ1n) is 6.70. The number of hydrogen-bond donors (Lipinski definition) is 1. The minimum Gasteiger partial charge on any atom is -0.490 e. The fourth-order valence-electron chi connectivity index (χ4n) is 1.69. The smallest absolute Gasteiger partial charge is 0.328 e. The molecule has 1 aromatic carbocycles. The molecule has 0 saturated heterocycles. The van der Waals surface area contributed by atoms with E-state index in [4.69, 9.17) is 4.74 Å². The summed E-state index contributed by atoms with van der Waals surface area (Å²) in [4.78, 5) is 23.3. The molecule has 0 aromatic heterocycles. The Morgan fingerprint density at radius 1 is 1.29 bits per heavy atom. The van der Waals surface area contributed by atoms with E-state index in [0.717, 1.165) is 0 Å². The fourth-order valence-corrected chi connectivity index (χ4v) is 1.69. The van der Waals surface area contributed by atoms with Gasteiger partial charge in [0, 0.05) is 0 Å². The fraction of sp³-hybridized carbons (Fsp3) is 0.467. The summed E-state index contributed by atoms with van der Waals surface area (Å²) >= 11 is 0. The van der Waals surface area contributed by atoms with Crippen molar-refractivity contribution in [2.24, 2.45) is 5.92 Å². The number of halogens is 1. The van der Waals surface area contributed by atoms with Crippen LogP contribution in [0.2, 0.25) is 0 Å². The molecule has 0 aliphatic carbocycles. The van der Waals surface area contributed by atoms with Gasteiger partial charge in [0.15, 0.2) is 11.6 Å². The predicted molar refractivity (Wildman–Crippen MR) is 75.3 cm³/mol. The number of ether oxygens (including phenoxy) is 2. The lowest BCUT2D eigenvalue weighted by Gasteiger charge is -2.19. The summed E-state index contributed by atoms with van der Waals surface area (Å²) < 4.78 is 23.1. The molecule has 1 N–H and O–H groups in total. The van der Waals surface area contributed by atoms with Crippen LogP contribution < -0.4 is 10.1 Å². The number of carbonyl (C=O) groups is 2. The molecule has 1 rings (SSSR count). The molecule has 0 aliphatic heterocycles. The second kappa shape index (κ2) is 8.24. The third-order valence-electron chi connectivity index (χ3n) is 2.86. The van der Waals surface area contributed by atoms with Gasteiger partial charge in [-0.3, -0.25) is 4.79 Å². The van der Waals surface area contributed by atoms with E-state index in [1.165, 1.54) is 19.2 Å². The van der Waals surface area contributed by atoms with Crippen LogP contribution in [0.1, 0.15) is 20.3 Å². The Labute approximate surface area is 123 Å². The Kier molecular flexibility index (Phi) is 6.65. The van der Waals surface area contributed by atoms with Crippen molar-refractivity contribution >= 4 is 11.9 Å². The molecule has 0 radical (unpaired) electrons. The van der Waals surface area contributed by atoms with Crippen LogP contribution in [0.5, 0.6) is 5.75 Å². The van der Waals surface area contributed by atoms with Crippen LogP contribution in [-0.4, -0.2) is 31.6 Å². The van der Waals surface area contributed by atoms with Crippen LogP contribution in [0.25, 0.3) is 0 Å². The highest BCUT2D eigenvalue weighted by molar-refractivity contribution is 5.84. The first-order chi connectivity index (χ1) is 9.95. The normalized spacial score (nSPS) is 11.9. The van der Waals surface area contributed by atoms with Gasteiger partial charge in [-0.05, 0) is 18.1 Å². The van der Waals surface area contributed by atoms with E-state index in [0.29, 0.717) is 0 Å². The summed E-state index contributed by atoms with van der Waals surface area (Å²) in [7, 11) is 1.27. The van der Waals surface area contributed by atoms with E-state index >= 15 is 0 Å². The second-order valence-corrected chi connectivity index (χ2v) is 4.84. The topological polar surface area (TPSA) is 64.6 Å². The number of benzene rings is 1. The van der Waals surface area contributed by atoms with Gasteiger partial charge in [-0.25, -0.2) is 9.18 Å². The van der Waals surface area contributed by atoms with Gasteiger partial charge in [0.1, 0.15) is 6.04 Å². The van der Waals surface area contributed by atoms with Crippen LogP contribution in [0, 0.1) is 11.7 Å². The molecular weight excluding hydrogens is 277 g/mol. The number of esters is 1. The molecule has 1 unspecified atom stereocenters.